The molecule has 1 heterocycles. The van der Waals surface area contributed by atoms with Crippen molar-refractivity contribution < 1.29 is 9.53 Å². The molecule has 0 atom stereocenters. The molecular formula is C14H13ClINO2. The van der Waals surface area contributed by atoms with E-state index in [1.165, 1.54) is 0 Å². The highest BCUT2D eigenvalue weighted by molar-refractivity contribution is 14.1. The molecule has 3 nitrogen and oxygen atoms in total. The van der Waals surface area contributed by atoms with Gasteiger partial charge in [0.25, 0.3) is 0 Å². The molecule has 5 heteroatoms. The van der Waals surface area contributed by atoms with Crippen LogP contribution in [-0.2, 0) is 11.3 Å². The highest BCUT2D eigenvalue weighted by Crippen LogP contribution is 2.16. The zero-order valence-electron chi connectivity index (χ0n) is 10.3. The van der Waals surface area contributed by atoms with E-state index < -0.39 is 5.97 Å². The lowest BCUT2D eigenvalue weighted by Gasteiger charge is -2.05. The molecule has 2 rings (SSSR count). The third-order valence-corrected chi connectivity index (χ3v) is 2.50. The van der Waals surface area contributed by atoms with Crippen molar-refractivity contribution in [3.63, 3.8) is 0 Å². The Morgan fingerprint density at radius 1 is 1.21 bits per heavy atom. The second-order valence-corrected chi connectivity index (χ2v) is 3.78. The van der Waals surface area contributed by atoms with Crippen molar-refractivity contribution in [2.45, 2.75) is 6.61 Å². The van der Waals surface area contributed by atoms with Gasteiger partial charge in [0.05, 0.1) is 16.3 Å². The van der Waals surface area contributed by atoms with Gasteiger partial charge >= 0.3 is 5.97 Å². The molecule has 19 heavy (non-hydrogen) atoms. The molecule has 0 aliphatic rings. The monoisotopic (exact) mass is 389 g/mol. The van der Waals surface area contributed by atoms with Gasteiger partial charge in [-0.3, -0.25) is 4.98 Å². The normalized spacial score (nSPS) is 9.21. The molecule has 1 aromatic carbocycles. The van der Waals surface area contributed by atoms with Crippen LogP contribution in [0.3, 0.4) is 0 Å². The Balaban J connectivity index is 0.000000861. The average Bonchev–Trinajstić information content (AvgIpc) is 2.48. The van der Waals surface area contributed by atoms with Gasteiger partial charge in [0.2, 0.25) is 0 Å². The van der Waals surface area contributed by atoms with Crippen LogP contribution in [-0.4, -0.2) is 15.9 Å². The van der Waals surface area contributed by atoms with Crippen molar-refractivity contribution in [2.24, 2.45) is 0 Å². The first-order valence-electron chi connectivity index (χ1n) is 5.47. The Kier molecular flexibility index (Phi) is 7.43. The molecular weight excluding hydrogens is 377 g/mol. The van der Waals surface area contributed by atoms with Gasteiger partial charge in [0.1, 0.15) is 6.61 Å². The lowest BCUT2D eigenvalue weighted by atomic mass is 10.2. The topological polar surface area (TPSA) is 39.2 Å². The third kappa shape index (κ3) is 5.16. The maximum atomic E-state index is 11.7. The number of ether oxygens (including phenoxy) is 1. The van der Waals surface area contributed by atoms with Crippen LogP contribution in [0.15, 0.2) is 48.7 Å². The average molecular weight is 390 g/mol. The smallest absolute Gasteiger partial charge is 0.340 e. The van der Waals surface area contributed by atoms with E-state index in [4.69, 9.17) is 16.3 Å². The standard InChI is InChI=1S/C13H10ClNO2.CH3I/c14-12-7-2-1-6-11(12)13(16)17-9-10-5-3-4-8-15-10;1-2/h1-8H,9H2;1H3. The van der Waals surface area contributed by atoms with E-state index >= 15 is 0 Å². The fraction of sp³-hybridized carbons (Fsp3) is 0.143. The van der Waals surface area contributed by atoms with Crippen LogP contribution >= 0.6 is 34.2 Å². The van der Waals surface area contributed by atoms with Crippen LogP contribution in [0.4, 0.5) is 0 Å². The summed E-state index contributed by atoms with van der Waals surface area (Å²) in [5.41, 5.74) is 1.07. The van der Waals surface area contributed by atoms with Gasteiger partial charge in [-0.2, -0.15) is 0 Å². The lowest BCUT2D eigenvalue weighted by Crippen LogP contribution is -2.06. The molecule has 0 unspecified atom stereocenters. The zero-order valence-corrected chi connectivity index (χ0v) is 13.3. The van der Waals surface area contributed by atoms with Gasteiger partial charge in [-0.15, -0.1) is 0 Å². The number of pyridine rings is 1. The molecule has 0 radical (unpaired) electrons. The first-order valence-corrected chi connectivity index (χ1v) is 8.00. The minimum absolute atomic E-state index is 0.144. The molecule has 0 spiro atoms. The second-order valence-electron chi connectivity index (χ2n) is 3.38. The van der Waals surface area contributed by atoms with Crippen LogP contribution in [0.25, 0.3) is 0 Å². The van der Waals surface area contributed by atoms with E-state index in [-0.39, 0.29) is 6.61 Å². The summed E-state index contributed by atoms with van der Waals surface area (Å²) in [6.45, 7) is 0.144. The number of nitrogens with zero attached hydrogens (tertiary/aromatic N) is 1. The van der Waals surface area contributed by atoms with Crippen molar-refractivity contribution in [3.8, 4) is 0 Å². The maximum absolute atomic E-state index is 11.7. The molecule has 0 N–H and O–H groups in total. The number of hydrogen-bond acceptors (Lipinski definition) is 3. The summed E-state index contributed by atoms with van der Waals surface area (Å²) in [6, 6.07) is 12.2. The highest BCUT2D eigenvalue weighted by atomic mass is 127. The predicted octanol–water partition coefficient (Wildman–Crippen LogP) is 4.14. The SMILES string of the molecule is CI.O=C(OCc1ccccn1)c1ccccc1Cl. The fourth-order valence-corrected chi connectivity index (χ4v) is 1.54. The van der Waals surface area contributed by atoms with E-state index in [0.29, 0.717) is 16.3 Å². The molecule has 1 aromatic heterocycles. The minimum Gasteiger partial charge on any atom is -0.456 e. The van der Waals surface area contributed by atoms with E-state index in [9.17, 15) is 4.79 Å². The van der Waals surface area contributed by atoms with E-state index in [2.05, 4.69) is 27.6 Å². The Morgan fingerprint density at radius 2 is 1.89 bits per heavy atom. The summed E-state index contributed by atoms with van der Waals surface area (Å²) >= 11 is 8.03. The minimum atomic E-state index is -0.443. The van der Waals surface area contributed by atoms with Crippen molar-refractivity contribution in [1.82, 2.24) is 4.98 Å². The van der Waals surface area contributed by atoms with Crippen LogP contribution in [0.5, 0.6) is 0 Å². The predicted molar refractivity (Wildman–Crippen MR) is 84.8 cm³/mol. The molecule has 0 saturated heterocycles. The Labute approximate surface area is 131 Å². The van der Waals surface area contributed by atoms with Crippen LogP contribution in [0.2, 0.25) is 5.02 Å². The number of benzene rings is 1. The van der Waals surface area contributed by atoms with E-state index in [1.807, 2.05) is 11.0 Å². The van der Waals surface area contributed by atoms with Crippen molar-refractivity contribution >= 4 is 40.2 Å². The number of carbonyl (C=O) groups is 1. The van der Waals surface area contributed by atoms with Gasteiger partial charge in [0, 0.05) is 6.20 Å². The van der Waals surface area contributed by atoms with Crippen molar-refractivity contribution in [2.75, 3.05) is 4.93 Å². The molecule has 0 fully saturated rings. The molecule has 0 aliphatic heterocycles. The van der Waals surface area contributed by atoms with Gasteiger partial charge < -0.3 is 4.74 Å². The van der Waals surface area contributed by atoms with Crippen molar-refractivity contribution in [3.05, 3.63) is 64.9 Å². The number of hydrogen-bond donors (Lipinski definition) is 0. The largest absolute Gasteiger partial charge is 0.456 e. The summed E-state index contributed by atoms with van der Waals surface area (Å²) in [6.07, 6.45) is 1.65. The summed E-state index contributed by atoms with van der Waals surface area (Å²) in [7, 11) is 0. The third-order valence-electron chi connectivity index (χ3n) is 2.17. The van der Waals surface area contributed by atoms with Crippen LogP contribution in [0, 0.1) is 0 Å². The Hall–Kier alpha value is -1.14. The number of carbonyl (C=O) groups excluding carboxylic acids is 1. The number of rotatable bonds is 3. The Bertz CT molecular complexity index is 520. The van der Waals surface area contributed by atoms with Gasteiger partial charge in [-0.1, -0.05) is 52.4 Å². The second kappa shape index (κ2) is 8.87. The quantitative estimate of drug-likeness (QED) is 0.450. The summed E-state index contributed by atoms with van der Waals surface area (Å²) in [5.74, 6) is -0.443. The molecule has 0 bridgehead atoms. The van der Waals surface area contributed by atoms with E-state index in [0.717, 1.165) is 0 Å². The number of halogens is 2. The summed E-state index contributed by atoms with van der Waals surface area (Å²) < 4.78 is 5.11. The number of alkyl halides is 1. The summed E-state index contributed by atoms with van der Waals surface area (Å²) in [5, 5.41) is 0.388. The van der Waals surface area contributed by atoms with Gasteiger partial charge in [-0.25, -0.2) is 4.79 Å². The van der Waals surface area contributed by atoms with Crippen LogP contribution in [0.1, 0.15) is 16.1 Å². The van der Waals surface area contributed by atoms with Crippen molar-refractivity contribution in [1.29, 1.82) is 0 Å². The fourth-order valence-electron chi connectivity index (χ4n) is 1.33. The first-order chi connectivity index (χ1) is 9.27. The molecule has 2 aromatic rings. The molecule has 0 aliphatic carbocycles. The van der Waals surface area contributed by atoms with Gasteiger partial charge in [-0.05, 0) is 29.2 Å². The molecule has 0 saturated carbocycles. The highest BCUT2D eigenvalue weighted by Gasteiger charge is 2.10. The van der Waals surface area contributed by atoms with Gasteiger partial charge in [0.15, 0.2) is 0 Å². The summed E-state index contributed by atoms with van der Waals surface area (Å²) in [4.78, 5) is 17.7. The Morgan fingerprint density at radius 3 is 2.53 bits per heavy atom. The number of esters is 1. The first kappa shape index (κ1) is 15.9. The molecule has 100 valence electrons. The number of aromatic nitrogens is 1. The van der Waals surface area contributed by atoms with E-state index in [1.54, 1.807) is 42.6 Å². The maximum Gasteiger partial charge on any atom is 0.340 e. The van der Waals surface area contributed by atoms with Crippen LogP contribution < -0.4 is 0 Å². The lowest BCUT2D eigenvalue weighted by molar-refractivity contribution is 0.0468. The molecule has 0 amide bonds. The zero-order chi connectivity index (χ0) is 14.1.